The number of carbonyl (C=O) groups is 3. The van der Waals surface area contributed by atoms with Crippen molar-refractivity contribution in [1.82, 2.24) is 15.0 Å². The van der Waals surface area contributed by atoms with E-state index in [1.54, 1.807) is 51.1 Å². The predicted molar refractivity (Wildman–Crippen MR) is 193 cm³/mol. The maximum absolute atomic E-state index is 16.3. The maximum atomic E-state index is 16.3. The summed E-state index contributed by atoms with van der Waals surface area (Å²) in [6.07, 6.45) is 3.76. The van der Waals surface area contributed by atoms with E-state index in [2.05, 4.69) is 15.0 Å². The van der Waals surface area contributed by atoms with Gasteiger partial charge in [0.1, 0.15) is 35.0 Å². The number of likely N-dealkylation sites (tertiary alicyclic amines) is 1. The first-order chi connectivity index (χ1) is 24.8. The summed E-state index contributed by atoms with van der Waals surface area (Å²) >= 11 is 0. The molecule has 0 bridgehead atoms. The van der Waals surface area contributed by atoms with E-state index >= 15 is 4.39 Å². The van der Waals surface area contributed by atoms with Gasteiger partial charge in [-0.15, -0.1) is 0 Å². The molecule has 282 valence electrons. The third-order valence-corrected chi connectivity index (χ3v) is 9.42. The molecule has 2 saturated heterocycles. The van der Waals surface area contributed by atoms with Gasteiger partial charge >= 0.3 is 12.1 Å². The number of primary amides is 1. The minimum absolute atomic E-state index is 0.0809. The molecule has 2 fully saturated rings. The number of carbonyl (C=O) groups excluding carboxylic acids is 3. The number of anilines is 2. The van der Waals surface area contributed by atoms with Crippen molar-refractivity contribution in [2.75, 3.05) is 43.2 Å². The van der Waals surface area contributed by atoms with Gasteiger partial charge in [-0.1, -0.05) is 19.0 Å². The first kappa shape index (κ1) is 38.4. The van der Waals surface area contributed by atoms with Gasteiger partial charge in [0, 0.05) is 42.9 Å². The molecule has 2 unspecified atom stereocenters. The number of ether oxygens (including phenoxy) is 3. The number of nitrogens with zero attached hydrogens (tertiary/aromatic N) is 5. The lowest BCUT2D eigenvalue weighted by molar-refractivity contribution is -0.138. The fourth-order valence-electron chi connectivity index (χ4n) is 6.66. The fraction of sp³-hybridized carbons (Fsp3) is 0.553. The molecule has 2 aliphatic heterocycles. The SMILES string of the molecule is COc1ccc(N(C(=O)OC(C)(C)C)C(C(=O)N2CCCC2C(N)=O)c2ccc(OCCCC3CCN(c4nc(C(C)C)no4)CC3)cc2F)cc1. The molecule has 3 aromatic rings. The van der Waals surface area contributed by atoms with Crippen LogP contribution in [0.25, 0.3) is 0 Å². The Labute approximate surface area is 304 Å². The van der Waals surface area contributed by atoms with Crippen LogP contribution >= 0.6 is 0 Å². The van der Waals surface area contributed by atoms with Crippen molar-refractivity contribution in [2.45, 2.75) is 96.7 Å². The van der Waals surface area contributed by atoms with Gasteiger partial charge in [-0.25, -0.2) is 9.18 Å². The van der Waals surface area contributed by atoms with Gasteiger partial charge in [0.25, 0.3) is 5.91 Å². The van der Waals surface area contributed by atoms with E-state index in [4.69, 9.17) is 24.5 Å². The van der Waals surface area contributed by atoms with Crippen LogP contribution in [0.2, 0.25) is 0 Å². The number of hydrogen-bond donors (Lipinski definition) is 1. The summed E-state index contributed by atoms with van der Waals surface area (Å²) in [6, 6.07) is 8.86. The summed E-state index contributed by atoms with van der Waals surface area (Å²) in [5.41, 5.74) is 4.92. The summed E-state index contributed by atoms with van der Waals surface area (Å²) in [4.78, 5) is 49.8. The van der Waals surface area contributed by atoms with Crippen LogP contribution in [-0.2, 0) is 14.3 Å². The highest BCUT2D eigenvalue weighted by atomic mass is 19.1. The lowest BCUT2D eigenvalue weighted by Crippen LogP contribution is -2.51. The Bertz CT molecular complexity index is 1680. The summed E-state index contributed by atoms with van der Waals surface area (Å²) in [7, 11) is 1.51. The number of rotatable bonds is 13. The third kappa shape index (κ3) is 9.31. The van der Waals surface area contributed by atoms with Crippen molar-refractivity contribution in [3.63, 3.8) is 0 Å². The highest BCUT2D eigenvalue weighted by Gasteiger charge is 2.43. The van der Waals surface area contributed by atoms with Crippen LogP contribution in [0.5, 0.6) is 11.5 Å². The molecule has 13 nitrogen and oxygen atoms in total. The average molecular weight is 723 g/mol. The molecular weight excluding hydrogens is 671 g/mol. The molecule has 3 amide bonds. The average Bonchev–Trinajstić information content (AvgIpc) is 3.80. The second-order valence-electron chi connectivity index (χ2n) is 14.7. The Morgan fingerprint density at radius 2 is 1.73 bits per heavy atom. The van der Waals surface area contributed by atoms with E-state index in [1.165, 1.54) is 24.1 Å². The molecule has 2 N–H and O–H groups in total. The van der Waals surface area contributed by atoms with Crippen molar-refractivity contribution in [3.05, 3.63) is 59.7 Å². The van der Waals surface area contributed by atoms with Crippen molar-refractivity contribution in [1.29, 1.82) is 0 Å². The summed E-state index contributed by atoms with van der Waals surface area (Å²) in [5, 5.41) is 4.07. The van der Waals surface area contributed by atoms with E-state index in [0.29, 0.717) is 48.7 Å². The Kier molecular flexibility index (Phi) is 12.3. The first-order valence-corrected chi connectivity index (χ1v) is 18.0. The predicted octanol–water partition coefficient (Wildman–Crippen LogP) is 6.38. The molecule has 0 saturated carbocycles. The van der Waals surface area contributed by atoms with E-state index in [0.717, 1.165) is 43.7 Å². The van der Waals surface area contributed by atoms with Crippen LogP contribution in [0.1, 0.15) is 96.5 Å². The zero-order valence-corrected chi connectivity index (χ0v) is 31.0. The zero-order valence-electron chi connectivity index (χ0n) is 31.0. The number of hydrogen-bond acceptors (Lipinski definition) is 10. The molecule has 1 aromatic heterocycles. The topological polar surface area (TPSA) is 154 Å². The lowest BCUT2D eigenvalue weighted by Gasteiger charge is -2.36. The normalized spacial score (nSPS) is 17.3. The van der Waals surface area contributed by atoms with E-state index in [9.17, 15) is 14.4 Å². The quantitative estimate of drug-likeness (QED) is 0.197. The first-order valence-electron chi connectivity index (χ1n) is 18.0. The van der Waals surface area contributed by atoms with Gasteiger partial charge in [-0.05, 0) is 102 Å². The summed E-state index contributed by atoms with van der Waals surface area (Å²) < 4.78 is 38.7. The molecule has 52 heavy (non-hydrogen) atoms. The highest BCUT2D eigenvalue weighted by Crippen LogP contribution is 2.36. The number of piperidine rings is 1. The second kappa shape index (κ2) is 16.6. The number of halogens is 1. The van der Waals surface area contributed by atoms with Gasteiger partial charge in [-0.2, -0.15) is 4.98 Å². The molecule has 2 aliphatic rings. The van der Waals surface area contributed by atoms with E-state index in [-0.39, 0.29) is 23.7 Å². The number of nitrogens with two attached hydrogens (primary N) is 1. The van der Waals surface area contributed by atoms with Crippen molar-refractivity contribution < 1.29 is 37.5 Å². The molecule has 3 heterocycles. The Morgan fingerprint density at radius 1 is 1.04 bits per heavy atom. The Morgan fingerprint density at radius 3 is 2.33 bits per heavy atom. The lowest BCUT2D eigenvalue weighted by atomic mass is 9.92. The van der Waals surface area contributed by atoms with Crippen LogP contribution in [0, 0.1) is 11.7 Å². The summed E-state index contributed by atoms with van der Waals surface area (Å²) in [6.45, 7) is 11.5. The molecule has 2 atom stereocenters. The van der Waals surface area contributed by atoms with Crippen LogP contribution < -0.4 is 25.0 Å². The van der Waals surface area contributed by atoms with Crippen LogP contribution in [-0.4, -0.2) is 77.9 Å². The van der Waals surface area contributed by atoms with Gasteiger partial charge in [0.15, 0.2) is 5.82 Å². The van der Waals surface area contributed by atoms with Gasteiger partial charge in [0.05, 0.1) is 13.7 Å². The van der Waals surface area contributed by atoms with Gasteiger partial charge < -0.3 is 34.3 Å². The molecular formula is C38H51FN6O7. The monoisotopic (exact) mass is 722 g/mol. The number of methoxy groups -OCH3 is 1. The third-order valence-electron chi connectivity index (χ3n) is 9.42. The highest BCUT2D eigenvalue weighted by molar-refractivity contribution is 6.00. The van der Waals surface area contributed by atoms with Gasteiger partial charge in [-0.3, -0.25) is 14.5 Å². The van der Waals surface area contributed by atoms with Crippen LogP contribution in [0.15, 0.2) is 47.0 Å². The van der Waals surface area contributed by atoms with Crippen molar-refractivity contribution >= 4 is 29.6 Å². The zero-order chi connectivity index (χ0) is 37.6. The molecule has 14 heteroatoms. The Balaban J connectivity index is 1.31. The van der Waals surface area contributed by atoms with Gasteiger partial charge in [0.2, 0.25) is 5.91 Å². The standard InChI is InChI=1S/C38H51FN6O7/c1-24(2)34-41-36(52-42-34)43-20-17-25(18-21-43)9-8-22-50-28-15-16-29(30(39)23-28)32(35(47)44-19-7-10-31(44)33(40)46)45(37(48)51-38(3,4)5)26-11-13-27(49-6)14-12-26/h11-16,23-25,31-32H,7-10,17-22H2,1-6H3,(H2,40,46). The van der Waals surface area contributed by atoms with E-state index < -0.39 is 41.4 Å². The van der Waals surface area contributed by atoms with Crippen molar-refractivity contribution in [3.8, 4) is 11.5 Å². The van der Waals surface area contributed by atoms with Crippen molar-refractivity contribution in [2.24, 2.45) is 11.7 Å². The second-order valence-corrected chi connectivity index (χ2v) is 14.7. The number of amides is 3. The minimum atomic E-state index is -1.52. The van der Waals surface area contributed by atoms with Crippen LogP contribution in [0.3, 0.4) is 0 Å². The molecule has 5 rings (SSSR count). The van der Waals surface area contributed by atoms with Crippen LogP contribution in [0.4, 0.5) is 20.9 Å². The summed E-state index contributed by atoms with van der Waals surface area (Å²) in [5.74, 6) is 0.185. The fourth-order valence-corrected chi connectivity index (χ4v) is 6.66. The molecule has 0 aliphatic carbocycles. The largest absolute Gasteiger partial charge is 0.497 e. The Hall–Kier alpha value is -4.88. The van der Waals surface area contributed by atoms with E-state index in [1.807, 2.05) is 13.8 Å². The number of benzene rings is 2. The smallest absolute Gasteiger partial charge is 0.415 e. The molecule has 0 radical (unpaired) electrons. The number of aromatic nitrogens is 2. The molecule has 2 aromatic carbocycles. The minimum Gasteiger partial charge on any atom is -0.497 e. The maximum Gasteiger partial charge on any atom is 0.415 e. The molecule has 0 spiro atoms.